The molecule has 0 bridgehead atoms. The van der Waals surface area contributed by atoms with E-state index in [9.17, 15) is 0 Å². The van der Waals surface area contributed by atoms with Gasteiger partial charge in [-0.15, -0.1) is 0 Å². The molecule has 2 heterocycles. The topological polar surface area (TPSA) is 47.1 Å². The molecule has 4 nitrogen and oxygen atoms in total. The molecule has 0 saturated carbocycles. The maximum atomic E-state index is 5.53. The molecule has 0 atom stereocenters. The Kier molecular flexibility index (Phi) is 3.91. The highest BCUT2D eigenvalue weighted by Crippen LogP contribution is 2.17. The van der Waals surface area contributed by atoms with Crippen LogP contribution in [0.15, 0.2) is 36.5 Å². The summed E-state index contributed by atoms with van der Waals surface area (Å²) < 4.78 is 11.1. The Bertz CT molecular complexity index is 504. The fourth-order valence-corrected chi connectivity index (χ4v) is 2.21. The maximum absolute atomic E-state index is 5.53. The highest BCUT2D eigenvalue weighted by molar-refractivity contribution is 5.57. The van der Waals surface area contributed by atoms with Crippen molar-refractivity contribution in [1.29, 1.82) is 0 Å². The van der Waals surface area contributed by atoms with Gasteiger partial charge in [0.2, 0.25) is 0 Å². The Hall–Kier alpha value is -1.65. The second-order valence-corrected chi connectivity index (χ2v) is 4.67. The molecule has 0 amide bonds. The van der Waals surface area contributed by atoms with E-state index in [1.54, 1.807) is 0 Å². The average Bonchev–Trinajstić information content (AvgIpc) is 2.96. The molecule has 1 fully saturated rings. The lowest BCUT2D eigenvalue weighted by Crippen LogP contribution is -2.25. The Balaban J connectivity index is 1.59. The van der Waals surface area contributed by atoms with Crippen molar-refractivity contribution < 1.29 is 9.47 Å². The van der Waals surface area contributed by atoms with Crippen LogP contribution < -0.4 is 0 Å². The first-order valence-corrected chi connectivity index (χ1v) is 6.74. The molecule has 1 aliphatic heterocycles. The number of aromatic nitrogens is 2. The summed E-state index contributed by atoms with van der Waals surface area (Å²) in [7, 11) is 0. The molecule has 1 aliphatic rings. The van der Waals surface area contributed by atoms with Crippen LogP contribution in [0.1, 0.15) is 18.7 Å². The largest absolute Gasteiger partial charge is 0.353 e. The summed E-state index contributed by atoms with van der Waals surface area (Å²) in [6, 6.07) is 10.2. The fraction of sp³-hybridized carbons (Fsp3) is 0.400. The van der Waals surface area contributed by atoms with Gasteiger partial charge >= 0.3 is 0 Å². The second kappa shape index (κ2) is 5.99. The summed E-state index contributed by atoms with van der Waals surface area (Å²) in [6.45, 7) is 1.61. The van der Waals surface area contributed by atoms with E-state index in [0.717, 1.165) is 49.6 Å². The third-order valence-electron chi connectivity index (χ3n) is 3.23. The number of nitrogens with one attached hydrogen (secondary N) is 1. The van der Waals surface area contributed by atoms with Crippen LogP contribution in [0.4, 0.5) is 0 Å². The molecule has 0 aliphatic carbocycles. The van der Waals surface area contributed by atoms with Crippen molar-refractivity contribution in [3.8, 4) is 11.3 Å². The molecule has 1 aromatic carbocycles. The second-order valence-electron chi connectivity index (χ2n) is 4.67. The average molecular weight is 258 g/mol. The first kappa shape index (κ1) is 12.4. The Morgan fingerprint density at radius 1 is 1.16 bits per heavy atom. The SMILES string of the molecule is c1ccc(-c2cnc(CCC3OCCCO3)[nH]2)cc1. The van der Waals surface area contributed by atoms with Gasteiger partial charge in [-0.1, -0.05) is 30.3 Å². The number of hydrogen-bond donors (Lipinski definition) is 1. The molecule has 0 unspecified atom stereocenters. The van der Waals surface area contributed by atoms with E-state index in [2.05, 4.69) is 22.1 Å². The van der Waals surface area contributed by atoms with Crippen molar-refractivity contribution in [2.75, 3.05) is 13.2 Å². The number of rotatable bonds is 4. The van der Waals surface area contributed by atoms with Crippen LogP contribution in [0.2, 0.25) is 0 Å². The summed E-state index contributed by atoms with van der Waals surface area (Å²) in [5.74, 6) is 0.983. The number of aryl methyl sites for hydroxylation is 1. The third-order valence-corrected chi connectivity index (χ3v) is 3.23. The predicted molar refractivity (Wildman–Crippen MR) is 72.7 cm³/mol. The van der Waals surface area contributed by atoms with E-state index >= 15 is 0 Å². The van der Waals surface area contributed by atoms with Crippen LogP contribution in [0.3, 0.4) is 0 Å². The minimum absolute atomic E-state index is 0.0703. The van der Waals surface area contributed by atoms with Gasteiger partial charge in [0.05, 0.1) is 25.1 Å². The van der Waals surface area contributed by atoms with Crippen LogP contribution in [0, 0.1) is 0 Å². The van der Waals surface area contributed by atoms with E-state index in [1.807, 2.05) is 24.4 Å². The number of ether oxygens (including phenoxy) is 2. The molecule has 100 valence electrons. The zero-order chi connectivity index (χ0) is 12.9. The van der Waals surface area contributed by atoms with Crippen LogP contribution in [-0.2, 0) is 15.9 Å². The summed E-state index contributed by atoms with van der Waals surface area (Å²) in [5.41, 5.74) is 2.22. The van der Waals surface area contributed by atoms with Gasteiger partial charge in [0.15, 0.2) is 6.29 Å². The highest BCUT2D eigenvalue weighted by atomic mass is 16.7. The molecular formula is C15H18N2O2. The lowest BCUT2D eigenvalue weighted by Gasteiger charge is -2.22. The van der Waals surface area contributed by atoms with Gasteiger partial charge < -0.3 is 14.5 Å². The Morgan fingerprint density at radius 3 is 2.74 bits per heavy atom. The van der Waals surface area contributed by atoms with Gasteiger partial charge in [0.25, 0.3) is 0 Å². The van der Waals surface area contributed by atoms with Crippen molar-refractivity contribution >= 4 is 0 Å². The van der Waals surface area contributed by atoms with Crippen molar-refractivity contribution in [3.05, 3.63) is 42.4 Å². The van der Waals surface area contributed by atoms with Crippen molar-refractivity contribution in [1.82, 2.24) is 9.97 Å². The zero-order valence-corrected chi connectivity index (χ0v) is 10.8. The minimum atomic E-state index is -0.0703. The number of hydrogen-bond acceptors (Lipinski definition) is 3. The lowest BCUT2D eigenvalue weighted by molar-refractivity contribution is -0.180. The van der Waals surface area contributed by atoms with Crippen molar-refractivity contribution in [3.63, 3.8) is 0 Å². The minimum Gasteiger partial charge on any atom is -0.353 e. The van der Waals surface area contributed by atoms with Crippen LogP contribution in [0.5, 0.6) is 0 Å². The normalized spacial score (nSPS) is 16.6. The van der Waals surface area contributed by atoms with E-state index in [1.165, 1.54) is 0 Å². The van der Waals surface area contributed by atoms with E-state index in [4.69, 9.17) is 9.47 Å². The maximum Gasteiger partial charge on any atom is 0.158 e. The quantitative estimate of drug-likeness (QED) is 0.917. The molecular weight excluding hydrogens is 240 g/mol. The molecule has 19 heavy (non-hydrogen) atoms. The van der Waals surface area contributed by atoms with Gasteiger partial charge in [-0.3, -0.25) is 0 Å². The van der Waals surface area contributed by atoms with Crippen molar-refractivity contribution in [2.45, 2.75) is 25.6 Å². The monoisotopic (exact) mass is 258 g/mol. The first-order valence-electron chi connectivity index (χ1n) is 6.74. The molecule has 3 rings (SSSR count). The smallest absolute Gasteiger partial charge is 0.158 e. The van der Waals surface area contributed by atoms with Gasteiger partial charge in [0, 0.05) is 12.8 Å². The number of H-pyrrole nitrogens is 1. The summed E-state index contributed by atoms with van der Waals surface area (Å²) in [4.78, 5) is 7.76. The van der Waals surface area contributed by atoms with Gasteiger partial charge in [-0.2, -0.15) is 0 Å². The molecule has 1 saturated heterocycles. The van der Waals surface area contributed by atoms with Crippen LogP contribution in [0.25, 0.3) is 11.3 Å². The van der Waals surface area contributed by atoms with Gasteiger partial charge in [-0.25, -0.2) is 4.98 Å². The van der Waals surface area contributed by atoms with Gasteiger partial charge in [0.1, 0.15) is 5.82 Å². The Labute approximate surface area is 112 Å². The molecule has 1 aromatic heterocycles. The summed E-state index contributed by atoms with van der Waals surface area (Å²) in [6.07, 6.45) is 4.50. The predicted octanol–water partition coefficient (Wildman–Crippen LogP) is 2.77. The Morgan fingerprint density at radius 2 is 1.95 bits per heavy atom. The fourth-order valence-electron chi connectivity index (χ4n) is 2.21. The van der Waals surface area contributed by atoms with Crippen LogP contribution >= 0.6 is 0 Å². The summed E-state index contributed by atoms with van der Waals surface area (Å²) >= 11 is 0. The zero-order valence-electron chi connectivity index (χ0n) is 10.8. The van der Waals surface area contributed by atoms with Crippen LogP contribution in [-0.4, -0.2) is 29.5 Å². The molecule has 4 heteroatoms. The number of aromatic amines is 1. The number of nitrogens with zero attached hydrogens (tertiary/aromatic N) is 1. The van der Waals surface area contributed by atoms with E-state index < -0.39 is 0 Å². The van der Waals surface area contributed by atoms with Crippen molar-refractivity contribution in [2.24, 2.45) is 0 Å². The molecule has 0 radical (unpaired) electrons. The lowest BCUT2D eigenvalue weighted by atomic mass is 10.2. The molecule has 1 N–H and O–H groups in total. The summed E-state index contributed by atoms with van der Waals surface area (Å²) in [5, 5.41) is 0. The molecule has 2 aromatic rings. The standard InChI is InChI=1S/C15H18N2O2/c1-2-5-12(6-3-1)13-11-16-14(17-13)7-8-15-18-9-4-10-19-15/h1-3,5-6,11,15H,4,7-10H2,(H,16,17). The third kappa shape index (κ3) is 3.22. The number of imidazole rings is 1. The van der Waals surface area contributed by atoms with Gasteiger partial charge in [-0.05, 0) is 12.0 Å². The number of benzene rings is 1. The first-order chi connectivity index (χ1) is 9.42. The van der Waals surface area contributed by atoms with E-state index in [0.29, 0.717) is 0 Å². The highest BCUT2D eigenvalue weighted by Gasteiger charge is 2.14. The molecule has 0 spiro atoms. The van der Waals surface area contributed by atoms with E-state index in [-0.39, 0.29) is 6.29 Å².